The largest absolute Gasteiger partial charge is 0.481 e. The quantitative estimate of drug-likeness (QED) is 0.194. The van der Waals surface area contributed by atoms with Gasteiger partial charge < -0.3 is 31.9 Å². The maximum atomic E-state index is 12.4. The lowest BCUT2D eigenvalue weighted by Crippen LogP contribution is -2.54. The summed E-state index contributed by atoms with van der Waals surface area (Å²) >= 11 is 1.41. The summed E-state index contributed by atoms with van der Waals surface area (Å²) in [6, 6.07) is -3.23. The van der Waals surface area contributed by atoms with Crippen LogP contribution in [-0.2, 0) is 24.0 Å². The molecule has 0 aliphatic heterocycles. The molecule has 3 atom stereocenters. The second-order valence-electron chi connectivity index (χ2n) is 6.72. The van der Waals surface area contributed by atoms with Gasteiger partial charge in [0.2, 0.25) is 17.7 Å². The molecule has 7 N–H and O–H groups in total. The van der Waals surface area contributed by atoms with Crippen LogP contribution in [0.5, 0.6) is 0 Å². The smallest absolute Gasteiger partial charge is 0.326 e. The monoisotopic (exact) mass is 434 g/mol. The molecule has 3 unspecified atom stereocenters. The van der Waals surface area contributed by atoms with Crippen molar-refractivity contribution in [1.82, 2.24) is 16.0 Å². The van der Waals surface area contributed by atoms with E-state index >= 15 is 0 Å². The second kappa shape index (κ2) is 13.8. The minimum Gasteiger partial charge on any atom is -0.481 e. The Labute approximate surface area is 173 Å². The predicted molar refractivity (Wildman–Crippen MR) is 107 cm³/mol. The van der Waals surface area contributed by atoms with Crippen molar-refractivity contribution in [2.75, 3.05) is 18.6 Å². The second-order valence-corrected chi connectivity index (χ2v) is 7.71. The summed E-state index contributed by atoms with van der Waals surface area (Å²) in [6.45, 7) is 3.03. The number of nitrogens with one attached hydrogen (secondary N) is 3. The summed E-state index contributed by atoms with van der Waals surface area (Å²) in [6.07, 6.45) is 1.31. The Balaban J connectivity index is 4.95. The molecule has 166 valence electrons. The lowest BCUT2D eigenvalue weighted by molar-refractivity contribution is -0.143. The summed E-state index contributed by atoms with van der Waals surface area (Å²) in [5.74, 6) is -4.12. The van der Waals surface area contributed by atoms with E-state index in [1.54, 1.807) is 20.1 Å². The molecule has 11 nitrogen and oxygen atoms in total. The highest BCUT2D eigenvalue weighted by Gasteiger charge is 2.27. The standard InChI is InChI=1S/C17H30N4O7S/c1-9(2)14(18)16(26)19-8-12(22)20-10(4-5-13(23)24)15(25)21-11(17(27)28)6-7-29-3/h9-11,14H,4-8,18H2,1-3H3,(H,19,26)(H,20,22)(H,21,25)(H,23,24)(H,27,28). The Kier molecular flexibility index (Phi) is 12.7. The van der Waals surface area contributed by atoms with Gasteiger partial charge in [-0.05, 0) is 30.8 Å². The van der Waals surface area contributed by atoms with Crippen LogP contribution in [0.25, 0.3) is 0 Å². The van der Waals surface area contributed by atoms with Crippen LogP contribution in [0.4, 0.5) is 0 Å². The van der Waals surface area contributed by atoms with Crippen molar-refractivity contribution in [2.45, 2.75) is 51.2 Å². The maximum Gasteiger partial charge on any atom is 0.326 e. The zero-order chi connectivity index (χ0) is 22.6. The van der Waals surface area contributed by atoms with Crippen LogP contribution in [0.3, 0.4) is 0 Å². The van der Waals surface area contributed by atoms with Crippen LogP contribution >= 0.6 is 11.8 Å². The zero-order valence-corrected chi connectivity index (χ0v) is 17.6. The van der Waals surface area contributed by atoms with Crippen LogP contribution in [0, 0.1) is 5.92 Å². The fraction of sp³-hybridized carbons (Fsp3) is 0.706. The number of carboxylic acid groups (broad SMARTS) is 2. The number of amides is 3. The Morgan fingerprint density at radius 2 is 1.59 bits per heavy atom. The van der Waals surface area contributed by atoms with Crippen molar-refractivity contribution in [1.29, 1.82) is 0 Å². The van der Waals surface area contributed by atoms with Crippen molar-refractivity contribution in [3.8, 4) is 0 Å². The Hall–Kier alpha value is -2.34. The summed E-state index contributed by atoms with van der Waals surface area (Å²) < 4.78 is 0. The zero-order valence-electron chi connectivity index (χ0n) is 16.8. The van der Waals surface area contributed by atoms with Gasteiger partial charge in [-0.2, -0.15) is 11.8 Å². The molecule has 0 aromatic heterocycles. The van der Waals surface area contributed by atoms with E-state index in [-0.39, 0.29) is 18.8 Å². The number of thioether (sulfide) groups is 1. The molecule has 0 aliphatic carbocycles. The van der Waals surface area contributed by atoms with E-state index in [0.29, 0.717) is 5.75 Å². The van der Waals surface area contributed by atoms with E-state index in [2.05, 4.69) is 16.0 Å². The molecule has 0 aliphatic rings. The minimum absolute atomic E-state index is 0.138. The van der Waals surface area contributed by atoms with Gasteiger partial charge in [0.25, 0.3) is 0 Å². The SMILES string of the molecule is CSCCC(NC(=O)C(CCC(=O)O)NC(=O)CNC(=O)C(N)C(C)C)C(=O)O. The lowest BCUT2D eigenvalue weighted by atomic mass is 10.1. The molecule has 0 heterocycles. The fourth-order valence-corrected chi connectivity index (χ4v) is 2.61. The molecule has 3 amide bonds. The topological polar surface area (TPSA) is 188 Å². The molecule has 0 rings (SSSR count). The lowest BCUT2D eigenvalue weighted by Gasteiger charge is -2.21. The Bertz CT molecular complexity index is 600. The number of nitrogens with two attached hydrogens (primary N) is 1. The number of hydrogen-bond acceptors (Lipinski definition) is 7. The maximum absolute atomic E-state index is 12.4. The number of rotatable bonds is 14. The van der Waals surface area contributed by atoms with Crippen molar-refractivity contribution in [3.63, 3.8) is 0 Å². The van der Waals surface area contributed by atoms with E-state index in [1.807, 2.05) is 0 Å². The number of aliphatic carboxylic acids is 2. The molecule has 0 saturated heterocycles. The predicted octanol–water partition coefficient (Wildman–Crippen LogP) is -1.24. The molecule has 0 aromatic rings. The summed E-state index contributed by atoms with van der Waals surface area (Å²) in [4.78, 5) is 58.4. The number of carbonyl (C=O) groups is 5. The first-order chi connectivity index (χ1) is 13.5. The van der Waals surface area contributed by atoms with Crippen LogP contribution in [0.15, 0.2) is 0 Å². The molecule has 0 spiro atoms. The molecule has 0 fully saturated rings. The van der Waals surface area contributed by atoms with Gasteiger partial charge in [0, 0.05) is 6.42 Å². The van der Waals surface area contributed by atoms with Gasteiger partial charge in [0.15, 0.2) is 0 Å². The van der Waals surface area contributed by atoms with E-state index < -0.39 is 60.8 Å². The van der Waals surface area contributed by atoms with Crippen molar-refractivity contribution < 1.29 is 34.2 Å². The van der Waals surface area contributed by atoms with Crippen molar-refractivity contribution in [2.24, 2.45) is 11.7 Å². The highest BCUT2D eigenvalue weighted by atomic mass is 32.2. The minimum atomic E-state index is -1.26. The molecular formula is C17H30N4O7S. The Morgan fingerprint density at radius 3 is 2.07 bits per heavy atom. The van der Waals surface area contributed by atoms with Gasteiger partial charge in [-0.15, -0.1) is 0 Å². The van der Waals surface area contributed by atoms with Gasteiger partial charge in [-0.1, -0.05) is 13.8 Å². The molecule has 0 bridgehead atoms. The van der Waals surface area contributed by atoms with Crippen LogP contribution in [-0.4, -0.2) is 76.6 Å². The molecule has 0 saturated carbocycles. The summed E-state index contributed by atoms with van der Waals surface area (Å²) in [5.41, 5.74) is 5.67. The van der Waals surface area contributed by atoms with Gasteiger partial charge in [0.1, 0.15) is 12.1 Å². The third-order valence-corrected chi connectivity index (χ3v) is 4.61. The highest BCUT2D eigenvalue weighted by Crippen LogP contribution is 2.04. The molecule has 12 heteroatoms. The average molecular weight is 435 g/mol. The Morgan fingerprint density at radius 1 is 0.966 bits per heavy atom. The molecular weight excluding hydrogens is 404 g/mol. The first kappa shape index (κ1) is 26.7. The molecule has 29 heavy (non-hydrogen) atoms. The van der Waals surface area contributed by atoms with Crippen molar-refractivity contribution in [3.05, 3.63) is 0 Å². The van der Waals surface area contributed by atoms with Crippen molar-refractivity contribution >= 4 is 41.4 Å². The number of carbonyl (C=O) groups excluding carboxylic acids is 3. The fourth-order valence-electron chi connectivity index (χ4n) is 2.14. The highest BCUT2D eigenvalue weighted by molar-refractivity contribution is 7.98. The first-order valence-corrected chi connectivity index (χ1v) is 10.5. The average Bonchev–Trinajstić information content (AvgIpc) is 2.64. The van der Waals surface area contributed by atoms with Gasteiger partial charge in [-0.25, -0.2) is 4.79 Å². The van der Waals surface area contributed by atoms with Gasteiger partial charge >= 0.3 is 11.9 Å². The van der Waals surface area contributed by atoms with Crippen LogP contribution in [0.1, 0.15) is 33.1 Å². The molecule has 0 radical (unpaired) electrons. The first-order valence-electron chi connectivity index (χ1n) is 9.06. The normalized spacial score (nSPS) is 13.8. The van der Waals surface area contributed by atoms with Crippen LogP contribution in [0.2, 0.25) is 0 Å². The molecule has 0 aromatic carbocycles. The van der Waals surface area contributed by atoms with E-state index in [9.17, 15) is 29.1 Å². The third kappa shape index (κ3) is 11.3. The van der Waals surface area contributed by atoms with Crippen LogP contribution < -0.4 is 21.7 Å². The number of carboxylic acids is 2. The number of hydrogen-bond donors (Lipinski definition) is 6. The van der Waals surface area contributed by atoms with E-state index in [1.165, 1.54) is 11.8 Å². The van der Waals surface area contributed by atoms with Gasteiger partial charge in [-0.3, -0.25) is 19.2 Å². The van der Waals surface area contributed by atoms with E-state index in [0.717, 1.165) is 0 Å². The van der Waals surface area contributed by atoms with Gasteiger partial charge in [0.05, 0.1) is 12.6 Å². The van der Waals surface area contributed by atoms with E-state index in [4.69, 9.17) is 10.8 Å². The summed E-state index contributed by atoms with van der Waals surface area (Å²) in [5, 5.41) is 25.0. The summed E-state index contributed by atoms with van der Waals surface area (Å²) in [7, 11) is 0. The third-order valence-electron chi connectivity index (χ3n) is 3.97.